The fraction of sp³-hybridized carbons (Fsp3) is 0.500. The number of ketones is 1. The Kier molecular flexibility index (Phi) is 9.64. The number of anilines is 1. The first-order valence-corrected chi connectivity index (χ1v) is 13.1. The van der Waals surface area contributed by atoms with Gasteiger partial charge in [-0.1, -0.05) is 62.6 Å². The second kappa shape index (κ2) is 12.7. The molecule has 1 aliphatic rings. The van der Waals surface area contributed by atoms with Gasteiger partial charge in [-0.05, 0) is 76.3 Å². The number of oxazole rings is 1. The molecule has 1 aliphatic carbocycles. The Morgan fingerprint density at radius 2 is 1.97 bits per heavy atom. The van der Waals surface area contributed by atoms with Crippen LogP contribution in [0.1, 0.15) is 117 Å². The lowest BCUT2D eigenvalue weighted by Gasteiger charge is -2.21. The Morgan fingerprint density at radius 1 is 1.20 bits per heavy atom. The number of hydrogen-bond donors (Lipinski definition) is 1. The predicted octanol–water partition coefficient (Wildman–Crippen LogP) is 8.05. The third kappa shape index (κ3) is 7.78. The van der Waals surface area contributed by atoms with Crippen molar-refractivity contribution in [2.75, 3.05) is 5.32 Å². The van der Waals surface area contributed by atoms with Crippen molar-refractivity contribution < 1.29 is 14.0 Å². The predicted molar refractivity (Wildman–Crippen MR) is 142 cm³/mol. The summed E-state index contributed by atoms with van der Waals surface area (Å²) < 4.78 is 5.49. The molecule has 188 valence electrons. The second-order valence-corrected chi connectivity index (χ2v) is 9.92. The lowest BCUT2D eigenvalue weighted by atomic mass is 9.85. The van der Waals surface area contributed by atoms with Gasteiger partial charge in [-0.15, -0.1) is 0 Å². The molecule has 1 saturated carbocycles. The molecule has 0 spiro atoms. The Morgan fingerprint density at radius 3 is 2.60 bits per heavy atom. The topological polar surface area (TPSA) is 72.2 Å². The van der Waals surface area contributed by atoms with E-state index >= 15 is 0 Å². The highest BCUT2D eigenvalue weighted by Gasteiger charge is 2.29. The molecule has 5 heteroatoms. The van der Waals surface area contributed by atoms with Crippen LogP contribution >= 0.6 is 0 Å². The van der Waals surface area contributed by atoms with Crippen molar-refractivity contribution in [2.24, 2.45) is 5.92 Å². The highest BCUT2D eigenvalue weighted by Crippen LogP contribution is 2.39. The number of nitrogens with one attached hydrogen (secondary N) is 1. The summed E-state index contributed by atoms with van der Waals surface area (Å²) in [5.74, 6) is 1.20. The fourth-order valence-corrected chi connectivity index (χ4v) is 4.63. The molecule has 2 aromatic rings. The minimum absolute atomic E-state index is 0.0262. The smallest absolute Gasteiger partial charge is 0.277 e. The zero-order valence-corrected chi connectivity index (χ0v) is 21.8. The highest BCUT2D eigenvalue weighted by atomic mass is 16.3. The number of carbonyl (C=O) groups excluding carboxylic acids is 2. The van der Waals surface area contributed by atoms with Crippen molar-refractivity contribution in [1.29, 1.82) is 0 Å². The standard InChI is InChI=1S/C30H40N2O3/c1-6-9-22(26(10-7-2)17-20(3)4)11-8-12-23-13-16-25(21(5)33)18-27(23)31-29(34)28-19-35-30(32-28)24-14-15-24/h13,16-19,22,24H,3,6-12,14-15H2,1-2,4-5H3,(H,31,34). The normalized spacial score (nSPS) is 14.6. The monoisotopic (exact) mass is 476 g/mol. The van der Waals surface area contributed by atoms with Crippen LogP contribution < -0.4 is 5.32 Å². The van der Waals surface area contributed by atoms with Gasteiger partial charge in [0.1, 0.15) is 6.26 Å². The summed E-state index contributed by atoms with van der Waals surface area (Å²) in [5, 5.41) is 2.99. The minimum atomic E-state index is -0.305. The van der Waals surface area contributed by atoms with Crippen molar-refractivity contribution >= 4 is 17.4 Å². The van der Waals surface area contributed by atoms with Gasteiger partial charge < -0.3 is 9.73 Å². The molecule has 35 heavy (non-hydrogen) atoms. The molecule has 1 amide bonds. The molecule has 1 unspecified atom stereocenters. The molecule has 0 saturated heterocycles. The quantitative estimate of drug-likeness (QED) is 0.221. The molecule has 1 aromatic carbocycles. The first-order chi connectivity index (χ1) is 16.8. The fourth-order valence-electron chi connectivity index (χ4n) is 4.63. The number of aryl methyl sites for hydroxylation is 1. The van der Waals surface area contributed by atoms with Crippen LogP contribution in [0.15, 0.2) is 52.7 Å². The van der Waals surface area contributed by atoms with Gasteiger partial charge in [-0.3, -0.25) is 9.59 Å². The van der Waals surface area contributed by atoms with Crippen molar-refractivity contribution in [1.82, 2.24) is 4.98 Å². The number of Topliss-reactive ketones (excluding diaryl/α,β-unsaturated/α-hetero) is 1. The van der Waals surface area contributed by atoms with Gasteiger partial charge >= 0.3 is 0 Å². The van der Waals surface area contributed by atoms with Gasteiger partial charge in [-0.25, -0.2) is 4.98 Å². The molecule has 1 fully saturated rings. The van der Waals surface area contributed by atoms with Crippen LogP contribution in [0.2, 0.25) is 0 Å². The van der Waals surface area contributed by atoms with Gasteiger partial charge in [0.15, 0.2) is 17.4 Å². The van der Waals surface area contributed by atoms with Crippen LogP contribution in [0.5, 0.6) is 0 Å². The number of hydrogen-bond acceptors (Lipinski definition) is 4. The van der Waals surface area contributed by atoms with Crippen LogP contribution in [0.25, 0.3) is 0 Å². The Bertz CT molecular complexity index is 1080. The Balaban J connectivity index is 1.73. The molecule has 3 rings (SSSR count). The lowest BCUT2D eigenvalue weighted by molar-refractivity contribution is 0.100. The summed E-state index contributed by atoms with van der Waals surface area (Å²) in [5.41, 5.74) is 5.18. The van der Waals surface area contributed by atoms with Gasteiger partial charge in [0, 0.05) is 17.2 Å². The van der Waals surface area contributed by atoms with Gasteiger partial charge in [0.2, 0.25) is 0 Å². The number of aromatic nitrogens is 1. The van der Waals surface area contributed by atoms with E-state index in [-0.39, 0.29) is 17.4 Å². The van der Waals surface area contributed by atoms with E-state index in [2.05, 4.69) is 43.7 Å². The van der Waals surface area contributed by atoms with Crippen molar-refractivity contribution in [3.8, 4) is 0 Å². The van der Waals surface area contributed by atoms with Crippen LogP contribution in [-0.4, -0.2) is 16.7 Å². The van der Waals surface area contributed by atoms with Gasteiger partial charge in [-0.2, -0.15) is 0 Å². The average Bonchev–Trinajstić information content (AvgIpc) is 3.54. The van der Waals surface area contributed by atoms with Crippen molar-refractivity contribution in [2.45, 2.75) is 91.4 Å². The summed E-state index contributed by atoms with van der Waals surface area (Å²) in [4.78, 5) is 29.3. The molecule has 0 bridgehead atoms. The van der Waals surface area contributed by atoms with E-state index in [1.165, 1.54) is 18.3 Å². The van der Waals surface area contributed by atoms with Crippen LogP contribution in [0.3, 0.4) is 0 Å². The molecule has 5 nitrogen and oxygen atoms in total. The number of benzene rings is 1. The number of rotatable bonds is 14. The summed E-state index contributed by atoms with van der Waals surface area (Å²) in [6, 6.07) is 5.60. The molecular weight excluding hydrogens is 436 g/mol. The lowest BCUT2D eigenvalue weighted by Crippen LogP contribution is -2.15. The highest BCUT2D eigenvalue weighted by molar-refractivity contribution is 6.04. The van der Waals surface area contributed by atoms with Crippen molar-refractivity contribution in [3.05, 3.63) is 71.0 Å². The maximum atomic E-state index is 12.9. The Labute approximate surface area is 210 Å². The minimum Gasteiger partial charge on any atom is -0.448 e. The van der Waals surface area contributed by atoms with Crippen molar-refractivity contribution in [3.63, 3.8) is 0 Å². The summed E-state index contributed by atoms with van der Waals surface area (Å²) in [6.07, 6.45) is 13.3. The molecule has 1 N–H and O–H groups in total. The molecular formula is C30H40N2O3. The third-order valence-corrected chi connectivity index (χ3v) is 6.58. The van der Waals surface area contributed by atoms with Crippen LogP contribution in [-0.2, 0) is 6.42 Å². The van der Waals surface area contributed by atoms with E-state index in [1.54, 1.807) is 13.0 Å². The van der Waals surface area contributed by atoms with Gasteiger partial charge in [0.05, 0.1) is 0 Å². The number of carbonyl (C=O) groups is 2. The van der Waals surface area contributed by atoms with Gasteiger partial charge in [0.25, 0.3) is 5.91 Å². The van der Waals surface area contributed by atoms with E-state index < -0.39 is 0 Å². The summed E-state index contributed by atoms with van der Waals surface area (Å²) >= 11 is 0. The average molecular weight is 477 g/mol. The molecule has 0 aliphatic heterocycles. The Hall–Kier alpha value is -2.95. The van der Waals surface area contributed by atoms with E-state index in [0.29, 0.717) is 29.0 Å². The van der Waals surface area contributed by atoms with Crippen LogP contribution in [0.4, 0.5) is 5.69 Å². The zero-order chi connectivity index (χ0) is 25.4. The maximum Gasteiger partial charge on any atom is 0.277 e. The van der Waals surface area contributed by atoms with E-state index in [4.69, 9.17) is 4.42 Å². The van der Waals surface area contributed by atoms with E-state index in [9.17, 15) is 9.59 Å². The molecule has 1 atom stereocenters. The molecule has 1 heterocycles. The molecule has 1 aromatic heterocycles. The second-order valence-electron chi connectivity index (χ2n) is 9.92. The number of amides is 1. The van der Waals surface area contributed by atoms with E-state index in [1.807, 2.05) is 12.1 Å². The zero-order valence-electron chi connectivity index (χ0n) is 21.8. The van der Waals surface area contributed by atoms with E-state index in [0.717, 1.165) is 62.5 Å². The SMILES string of the molecule is C=C(C)C=C(CCC)C(CCC)CCCc1ccc(C(C)=O)cc1NC(=O)c1coc(C2CC2)n1. The molecule has 0 radical (unpaired) electrons. The largest absolute Gasteiger partial charge is 0.448 e. The van der Waals surface area contributed by atoms with Crippen LogP contribution in [0, 0.1) is 5.92 Å². The summed E-state index contributed by atoms with van der Waals surface area (Å²) in [6.45, 7) is 12.2. The first-order valence-electron chi connectivity index (χ1n) is 13.1. The maximum absolute atomic E-state index is 12.9. The third-order valence-electron chi connectivity index (χ3n) is 6.58. The number of allylic oxidation sites excluding steroid dienone is 3. The first kappa shape index (κ1) is 26.7. The summed E-state index contributed by atoms with van der Waals surface area (Å²) in [7, 11) is 0. The number of nitrogens with zero attached hydrogens (tertiary/aromatic N) is 1.